The molecule has 0 amide bonds. The van der Waals surface area contributed by atoms with Gasteiger partial charge in [0.25, 0.3) is 0 Å². The molecule has 0 spiro atoms. The first kappa shape index (κ1) is 9.49. The van der Waals surface area contributed by atoms with Gasteiger partial charge in [0, 0.05) is 5.33 Å². The van der Waals surface area contributed by atoms with E-state index in [4.69, 9.17) is 9.47 Å². The van der Waals surface area contributed by atoms with Crippen molar-refractivity contribution in [2.24, 2.45) is 0 Å². The van der Waals surface area contributed by atoms with E-state index in [1.807, 2.05) is 0 Å². The number of hydrogen-bond donors (Lipinski definition) is 0. The largest absolute Gasteiger partial charge is 0.376 e. The molecule has 0 aromatic heterocycles. The maximum absolute atomic E-state index is 5.80. The maximum atomic E-state index is 5.80. The van der Waals surface area contributed by atoms with Crippen molar-refractivity contribution in [1.82, 2.24) is 0 Å². The van der Waals surface area contributed by atoms with Crippen molar-refractivity contribution in [2.45, 2.75) is 32.0 Å². The first-order valence-electron chi connectivity index (χ1n) is 4.02. The molecule has 1 rings (SSSR count). The highest BCUT2D eigenvalue weighted by atomic mass is 79.9. The molecular formula is C8H15BrO2. The topological polar surface area (TPSA) is 18.5 Å². The minimum atomic E-state index is -0.0588. The fourth-order valence-electron chi connectivity index (χ4n) is 1.14. The second-order valence-corrected chi connectivity index (χ2v) is 3.86. The number of halogens is 1. The maximum Gasteiger partial charge on any atom is 0.0913 e. The van der Waals surface area contributed by atoms with Crippen molar-refractivity contribution < 1.29 is 9.47 Å². The third kappa shape index (κ3) is 2.42. The normalized spacial score (nSPS) is 39.0. The van der Waals surface area contributed by atoms with Crippen LogP contribution in [-0.2, 0) is 9.47 Å². The van der Waals surface area contributed by atoms with Crippen LogP contribution in [0.3, 0.4) is 0 Å². The Morgan fingerprint density at radius 1 is 1.64 bits per heavy atom. The van der Waals surface area contributed by atoms with Crippen LogP contribution in [0.1, 0.15) is 20.3 Å². The van der Waals surface area contributed by atoms with Crippen molar-refractivity contribution in [3.05, 3.63) is 0 Å². The first-order chi connectivity index (χ1) is 5.20. The highest BCUT2D eigenvalue weighted by Gasteiger charge is 2.31. The average Bonchev–Trinajstić information content (AvgIpc) is 2.05. The molecule has 0 N–H and O–H groups in total. The van der Waals surface area contributed by atoms with Crippen LogP contribution < -0.4 is 0 Å². The summed E-state index contributed by atoms with van der Waals surface area (Å²) in [5, 5.41) is 0.864. The van der Waals surface area contributed by atoms with Crippen LogP contribution in [0.15, 0.2) is 0 Å². The molecule has 0 aromatic rings. The fraction of sp³-hybridized carbons (Fsp3) is 1.00. The molecule has 3 heteroatoms. The minimum absolute atomic E-state index is 0.0588. The molecule has 1 fully saturated rings. The van der Waals surface area contributed by atoms with Gasteiger partial charge in [-0.25, -0.2) is 0 Å². The molecule has 1 aliphatic heterocycles. The molecule has 0 saturated carbocycles. The van der Waals surface area contributed by atoms with Crippen molar-refractivity contribution in [3.63, 3.8) is 0 Å². The van der Waals surface area contributed by atoms with Crippen LogP contribution in [0.4, 0.5) is 0 Å². The Labute approximate surface area is 76.4 Å². The lowest BCUT2D eigenvalue weighted by molar-refractivity contribution is -0.183. The van der Waals surface area contributed by atoms with E-state index in [1.165, 1.54) is 0 Å². The van der Waals surface area contributed by atoms with Crippen molar-refractivity contribution in [3.8, 4) is 0 Å². The molecule has 1 aliphatic rings. The van der Waals surface area contributed by atoms with Crippen LogP contribution in [0.25, 0.3) is 0 Å². The van der Waals surface area contributed by atoms with E-state index in [1.54, 1.807) is 0 Å². The molecule has 0 aliphatic carbocycles. The third-order valence-electron chi connectivity index (χ3n) is 2.08. The van der Waals surface area contributed by atoms with E-state index < -0.39 is 0 Å². The van der Waals surface area contributed by atoms with E-state index >= 15 is 0 Å². The standard InChI is InChI=1S/C8H15BrO2/c1-3-8(2)6-10-5-7(4-9)11-8/h7H,3-6H2,1-2H3. The molecule has 0 radical (unpaired) electrons. The summed E-state index contributed by atoms with van der Waals surface area (Å²) in [6.07, 6.45) is 1.24. The van der Waals surface area contributed by atoms with E-state index in [9.17, 15) is 0 Å². The average molecular weight is 223 g/mol. The Hall–Kier alpha value is 0.400. The van der Waals surface area contributed by atoms with Crippen molar-refractivity contribution >= 4 is 15.9 Å². The van der Waals surface area contributed by atoms with E-state index in [-0.39, 0.29) is 11.7 Å². The Kier molecular flexibility index (Phi) is 3.34. The van der Waals surface area contributed by atoms with Gasteiger partial charge < -0.3 is 9.47 Å². The summed E-state index contributed by atoms with van der Waals surface area (Å²) in [6, 6.07) is 0. The fourth-order valence-corrected chi connectivity index (χ4v) is 1.46. The van der Waals surface area contributed by atoms with Gasteiger partial charge in [0.1, 0.15) is 0 Å². The van der Waals surface area contributed by atoms with Crippen LogP contribution >= 0.6 is 15.9 Å². The highest BCUT2D eigenvalue weighted by Crippen LogP contribution is 2.23. The van der Waals surface area contributed by atoms with E-state index in [0.717, 1.165) is 25.0 Å². The van der Waals surface area contributed by atoms with E-state index in [0.29, 0.717) is 0 Å². The van der Waals surface area contributed by atoms with Crippen LogP contribution in [0.2, 0.25) is 0 Å². The van der Waals surface area contributed by atoms with Gasteiger partial charge >= 0.3 is 0 Å². The zero-order chi connectivity index (χ0) is 8.32. The summed E-state index contributed by atoms with van der Waals surface area (Å²) in [5.74, 6) is 0. The minimum Gasteiger partial charge on any atom is -0.376 e. The molecule has 2 atom stereocenters. The van der Waals surface area contributed by atoms with Gasteiger partial charge in [-0.2, -0.15) is 0 Å². The molecule has 11 heavy (non-hydrogen) atoms. The summed E-state index contributed by atoms with van der Waals surface area (Å²) in [5.41, 5.74) is -0.0588. The SMILES string of the molecule is CCC1(C)COCC(CBr)O1. The van der Waals surface area contributed by atoms with Crippen LogP contribution in [0.5, 0.6) is 0 Å². The Morgan fingerprint density at radius 2 is 2.36 bits per heavy atom. The van der Waals surface area contributed by atoms with Gasteiger partial charge in [-0.3, -0.25) is 0 Å². The number of hydrogen-bond acceptors (Lipinski definition) is 2. The summed E-state index contributed by atoms with van der Waals surface area (Å²) in [6.45, 7) is 5.68. The van der Waals surface area contributed by atoms with Crippen molar-refractivity contribution in [1.29, 1.82) is 0 Å². The quantitative estimate of drug-likeness (QED) is 0.666. The summed E-state index contributed by atoms with van der Waals surface area (Å²) in [4.78, 5) is 0. The molecule has 1 heterocycles. The zero-order valence-electron chi connectivity index (χ0n) is 7.10. The zero-order valence-corrected chi connectivity index (χ0v) is 8.69. The van der Waals surface area contributed by atoms with Gasteiger partial charge in [-0.05, 0) is 13.3 Å². The molecule has 66 valence electrons. The number of ether oxygens (including phenoxy) is 2. The second-order valence-electron chi connectivity index (χ2n) is 3.21. The molecule has 2 nitrogen and oxygen atoms in total. The molecule has 1 saturated heterocycles. The van der Waals surface area contributed by atoms with Gasteiger partial charge in [-0.1, -0.05) is 22.9 Å². The Morgan fingerprint density at radius 3 is 2.91 bits per heavy atom. The monoisotopic (exact) mass is 222 g/mol. The molecule has 0 bridgehead atoms. The predicted octanol–water partition coefficient (Wildman–Crippen LogP) is 1.97. The lowest BCUT2D eigenvalue weighted by Gasteiger charge is -2.37. The van der Waals surface area contributed by atoms with Crippen LogP contribution in [0, 0.1) is 0 Å². The van der Waals surface area contributed by atoms with Crippen molar-refractivity contribution in [2.75, 3.05) is 18.5 Å². The van der Waals surface area contributed by atoms with Gasteiger partial charge in [-0.15, -0.1) is 0 Å². The predicted molar refractivity (Wildman–Crippen MR) is 48.2 cm³/mol. The van der Waals surface area contributed by atoms with Crippen LogP contribution in [-0.4, -0.2) is 30.2 Å². The molecule has 2 unspecified atom stereocenters. The Bertz CT molecular complexity index is 129. The molecular weight excluding hydrogens is 208 g/mol. The summed E-state index contributed by atoms with van der Waals surface area (Å²) in [7, 11) is 0. The highest BCUT2D eigenvalue weighted by molar-refractivity contribution is 9.09. The third-order valence-corrected chi connectivity index (χ3v) is 2.80. The summed E-state index contributed by atoms with van der Waals surface area (Å²) < 4.78 is 11.2. The number of alkyl halides is 1. The number of rotatable bonds is 2. The van der Waals surface area contributed by atoms with E-state index in [2.05, 4.69) is 29.8 Å². The smallest absolute Gasteiger partial charge is 0.0913 e. The first-order valence-corrected chi connectivity index (χ1v) is 5.14. The van der Waals surface area contributed by atoms with Gasteiger partial charge in [0.15, 0.2) is 0 Å². The second kappa shape index (κ2) is 3.87. The van der Waals surface area contributed by atoms with Gasteiger partial charge in [0.05, 0.1) is 24.9 Å². The Balaban J connectivity index is 2.44. The lowest BCUT2D eigenvalue weighted by atomic mass is 10.0. The lowest BCUT2D eigenvalue weighted by Crippen LogP contribution is -2.45. The molecule has 0 aromatic carbocycles. The van der Waals surface area contributed by atoms with Gasteiger partial charge in [0.2, 0.25) is 0 Å². The summed E-state index contributed by atoms with van der Waals surface area (Å²) >= 11 is 3.39.